The molecule has 0 unspecified atom stereocenters. The Morgan fingerprint density at radius 2 is 1.90 bits per heavy atom. The smallest absolute Gasteiger partial charge is 0.253 e. The minimum absolute atomic E-state index is 0.0600. The Morgan fingerprint density at radius 1 is 1.13 bits per heavy atom. The fraction of sp³-hybridized carbons (Fsp3) is 0.348. The zero-order valence-electron chi connectivity index (χ0n) is 17.5. The van der Waals surface area contributed by atoms with Gasteiger partial charge < -0.3 is 14.6 Å². The van der Waals surface area contributed by atoms with Gasteiger partial charge in [0.2, 0.25) is 17.7 Å². The van der Waals surface area contributed by atoms with Crippen molar-refractivity contribution in [1.82, 2.24) is 25.4 Å². The van der Waals surface area contributed by atoms with Crippen LogP contribution in [0.25, 0.3) is 11.5 Å². The van der Waals surface area contributed by atoms with Gasteiger partial charge in [-0.2, -0.15) is 0 Å². The van der Waals surface area contributed by atoms with Crippen molar-refractivity contribution in [3.05, 3.63) is 65.8 Å². The molecule has 8 heteroatoms. The topological polar surface area (TPSA) is 101 Å². The standard InChI is InChI=1S/C23H25N5O3/c1-16-4-6-17(7-5-16)23-27-26-20(31-23)8-9-21(29)28-13-10-19(11-14-28)25-22(30)18-3-2-12-24-15-18/h2-7,12,15,19H,8-11,13-14H2,1H3,(H,25,30). The van der Waals surface area contributed by atoms with Gasteiger partial charge in [0.15, 0.2) is 0 Å². The summed E-state index contributed by atoms with van der Waals surface area (Å²) in [6.45, 7) is 3.26. The molecule has 0 bridgehead atoms. The average Bonchev–Trinajstić information content (AvgIpc) is 3.28. The third kappa shape index (κ3) is 5.33. The van der Waals surface area contributed by atoms with Crippen LogP contribution in [0.2, 0.25) is 0 Å². The molecule has 0 atom stereocenters. The van der Waals surface area contributed by atoms with Crippen LogP contribution in [-0.4, -0.2) is 51.0 Å². The lowest BCUT2D eigenvalue weighted by Crippen LogP contribution is -2.46. The molecule has 2 aromatic heterocycles. The van der Waals surface area contributed by atoms with Gasteiger partial charge in [0, 0.05) is 49.9 Å². The number of rotatable bonds is 6. The van der Waals surface area contributed by atoms with Gasteiger partial charge in [-0.3, -0.25) is 14.6 Å². The summed E-state index contributed by atoms with van der Waals surface area (Å²) < 4.78 is 5.70. The van der Waals surface area contributed by atoms with Crippen LogP contribution < -0.4 is 5.32 Å². The minimum atomic E-state index is -0.126. The molecule has 1 aromatic carbocycles. The lowest BCUT2D eigenvalue weighted by molar-refractivity contribution is -0.132. The SMILES string of the molecule is Cc1ccc(-c2nnc(CCC(=O)N3CCC(NC(=O)c4cccnc4)CC3)o2)cc1. The van der Waals surface area contributed by atoms with E-state index >= 15 is 0 Å². The number of nitrogens with zero attached hydrogens (tertiary/aromatic N) is 4. The van der Waals surface area contributed by atoms with E-state index in [1.54, 1.807) is 24.5 Å². The fourth-order valence-electron chi connectivity index (χ4n) is 3.58. The van der Waals surface area contributed by atoms with Gasteiger partial charge in [-0.15, -0.1) is 10.2 Å². The predicted octanol–water partition coefficient (Wildman–Crippen LogP) is 2.79. The van der Waals surface area contributed by atoms with Gasteiger partial charge in [-0.25, -0.2) is 0 Å². The van der Waals surface area contributed by atoms with E-state index in [2.05, 4.69) is 20.5 Å². The largest absolute Gasteiger partial charge is 0.421 e. The van der Waals surface area contributed by atoms with Crippen LogP contribution >= 0.6 is 0 Å². The minimum Gasteiger partial charge on any atom is -0.421 e. The van der Waals surface area contributed by atoms with Crippen molar-refractivity contribution in [3.8, 4) is 11.5 Å². The molecule has 1 saturated heterocycles. The number of likely N-dealkylation sites (tertiary alicyclic amines) is 1. The van der Waals surface area contributed by atoms with Gasteiger partial charge >= 0.3 is 0 Å². The molecular weight excluding hydrogens is 394 g/mol. The van der Waals surface area contributed by atoms with Crippen LogP contribution in [0.1, 0.15) is 41.1 Å². The highest BCUT2D eigenvalue weighted by atomic mass is 16.4. The van der Waals surface area contributed by atoms with Crippen molar-refractivity contribution in [2.45, 2.75) is 38.6 Å². The summed E-state index contributed by atoms with van der Waals surface area (Å²) in [6.07, 6.45) is 5.39. The van der Waals surface area contributed by atoms with Crippen LogP contribution in [0.5, 0.6) is 0 Å². The first-order chi connectivity index (χ1) is 15.1. The Morgan fingerprint density at radius 3 is 2.61 bits per heavy atom. The molecule has 8 nitrogen and oxygen atoms in total. The summed E-state index contributed by atoms with van der Waals surface area (Å²) >= 11 is 0. The molecular formula is C23H25N5O3. The first-order valence-electron chi connectivity index (χ1n) is 10.5. The van der Waals surface area contributed by atoms with E-state index in [9.17, 15) is 9.59 Å². The van der Waals surface area contributed by atoms with Crippen LogP contribution in [0, 0.1) is 6.92 Å². The Kier molecular flexibility index (Phi) is 6.35. The second kappa shape index (κ2) is 9.51. The van der Waals surface area contributed by atoms with Gasteiger partial charge in [0.25, 0.3) is 5.91 Å². The molecule has 3 aromatic rings. The molecule has 4 rings (SSSR count). The molecule has 0 aliphatic carbocycles. The van der Waals surface area contributed by atoms with Crippen LogP contribution in [0.4, 0.5) is 0 Å². The molecule has 1 aliphatic rings. The summed E-state index contributed by atoms with van der Waals surface area (Å²) in [5.41, 5.74) is 2.58. The molecule has 31 heavy (non-hydrogen) atoms. The summed E-state index contributed by atoms with van der Waals surface area (Å²) in [4.78, 5) is 30.6. The lowest BCUT2D eigenvalue weighted by Gasteiger charge is -2.32. The molecule has 3 heterocycles. The van der Waals surface area contributed by atoms with Crippen molar-refractivity contribution < 1.29 is 14.0 Å². The third-order valence-electron chi connectivity index (χ3n) is 5.42. The summed E-state index contributed by atoms with van der Waals surface area (Å²) in [7, 11) is 0. The number of benzene rings is 1. The first-order valence-corrected chi connectivity index (χ1v) is 10.5. The van der Waals surface area contributed by atoms with E-state index in [0.717, 1.165) is 24.0 Å². The van der Waals surface area contributed by atoms with Gasteiger partial charge in [-0.05, 0) is 44.0 Å². The Balaban J connectivity index is 1.22. The van der Waals surface area contributed by atoms with Crippen LogP contribution in [-0.2, 0) is 11.2 Å². The van der Waals surface area contributed by atoms with E-state index in [1.807, 2.05) is 36.1 Å². The molecule has 2 amide bonds. The monoisotopic (exact) mass is 419 g/mol. The molecule has 1 aliphatic heterocycles. The lowest BCUT2D eigenvalue weighted by atomic mass is 10.0. The van der Waals surface area contributed by atoms with Gasteiger partial charge in [0.05, 0.1) is 5.56 Å². The van der Waals surface area contributed by atoms with Gasteiger partial charge in [-0.1, -0.05) is 17.7 Å². The molecule has 0 spiro atoms. The Labute approximate surface area is 180 Å². The Hall–Kier alpha value is -3.55. The van der Waals surface area contributed by atoms with Crippen molar-refractivity contribution in [2.75, 3.05) is 13.1 Å². The maximum atomic E-state index is 12.6. The molecule has 160 valence electrons. The maximum Gasteiger partial charge on any atom is 0.253 e. The zero-order chi connectivity index (χ0) is 21.6. The second-order valence-electron chi connectivity index (χ2n) is 7.74. The third-order valence-corrected chi connectivity index (χ3v) is 5.42. The van der Waals surface area contributed by atoms with E-state index in [-0.39, 0.29) is 17.9 Å². The normalized spacial score (nSPS) is 14.4. The zero-order valence-corrected chi connectivity index (χ0v) is 17.5. The summed E-state index contributed by atoms with van der Waals surface area (Å²) in [5.74, 6) is 0.862. The quantitative estimate of drug-likeness (QED) is 0.659. The summed E-state index contributed by atoms with van der Waals surface area (Å²) in [5, 5.41) is 11.2. The highest BCUT2D eigenvalue weighted by Crippen LogP contribution is 2.19. The predicted molar refractivity (Wildman–Crippen MR) is 114 cm³/mol. The van der Waals surface area contributed by atoms with Crippen molar-refractivity contribution in [3.63, 3.8) is 0 Å². The van der Waals surface area contributed by atoms with Crippen LogP contribution in [0.3, 0.4) is 0 Å². The van der Waals surface area contributed by atoms with Crippen LogP contribution in [0.15, 0.2) is 53.2 Å². The number of hydrogen-bond acceptors (Lipinski definition) is 6. The number of nitrogens with one attached hydrogen (secondary N) is 1. The molecule has 0 radical (unpaired) electrons. The second-order valence-corrected chi connectivity index (χ2v) is 7.74. The fourth-order valence-corrected chi connectivity index (χ4v) is 3.58. The number of carbonyl (C=O) groups excluding carboxylic acids is 2. The molecule has 0 saturated carbocycles. The molecule has 1 fully saturated rings. The number of pyridine rings is 1. The number of carbonyl (C=O) groups is 2. The van der Waals surface area contributed by atoms with E-state index in [1.165, 1.54) is 0 Å². The summed E-state index contributed by atoms with van der Waals surface area (Å²) in [6, 6.07) is 11.4. The Bertz CT molecular complexity index is 1020. The average molecular weight is 419 g/mol. The van der Waals surface area contributed by atoms with E-state index < -0.39 is 0 Å². The highest BCUT2D eigenvalue weighted by Gasteiger charge is 2.24. The van der Waals surface area contributed by atoms with Crippen molar-refractivity contribution in [2.24, 2.45) is 0 Å². The maximum absolute atomic E-state index is 12.6. The van der Waals surface area contributed by atoms with Crippen molar-refractivity contribution >= 4 is 11.8 Å². The number of aryl methyl sites for hydroxylation is 2. The van der Waals surface area contributed by atoms with Crippen molar-refractivity contribution in [1.29, 1.82) is 0 Å². The first kappa shape index (κ1) is 20.7. The van der Waals surface area contributed by atoms with E-state index in [4.69, 9.17) is 4.42 Å². The highest BCUT2D eigenvalue weighted by molar-refractivity contribution is 5.94. The number of amides is 2. The van der Waals surface area contributed by atoms with Gasteiger partial charge in [0.1, 0.15) is 0 Å². The number of hydrogen-bond donors (Lipinski definition) is 1. The number of aromatic nitrogens is 3. The number of piperidine rings is 1. The molecule has 1 N–H and O–H groups in total. The van der Waals surface area contributed by atoms with E-state index in [0.29, 0.717) is 43.3 Å².